The Morgan fingerprint density at radius 3 is 2.68 bits per heavy atom. The standard InChI is InChI=1S/C32H34FN5O3/c1-31(2,41-3)18-35-30(40)28-27-23(14-22-10-9-20(17-34-22)19-7-6-8-21(33)13-19)26-24(36-29(27)38-37-28)15-32(16-25(26)39)11-4-5-12-32/h6-10,13-14,17H,4-5,11-12,15-16,18H2,1-3H3,(H,35,40)(H2,36,37,38)/b23-14+. The molecular weight excluding hydrogens is 521 g/mol. The Bertz CT molecular complexity index is 1580. The third-order valence-electron chi connectivity index (χ3n) is 8.59. The van der Waals surface area contributed by atoms with Gasteiger partial charge in [-0.25, -0.2) is 4.39 Å². The van der Waals surface area contributed by atoms with Gasteiger partial charge in [-0.05, 0) is 68.4 Å². The van der Waals surface area contributed by atoms with Gasteiger partial charge in [0.1, 0.15) is 11.6 Å². The SMILES string of the molecule is COC(C)(C)CNC(=O)c1n[nH]c2c1/C(=C/c1ccc(-c3cccc(F)c3)cn1)C1=C(CC3(CCCC3)CC1=O)N2. The monoisotopic (exact) mass is 555 g/mol. The van der Waals surface area contributed by atoms with Crippen molar-refractivity contribution >= 4 is 29.2 Å². The van der Waals surface area contributed by atoms with E-state index in [0.717, 1.165) is 48.9 Å². The molecule has 1 amide bonds. The number of methoxy groups -OCH3 is 1. The molecule has 8 nitrogen and oxygen atoms in total. The zero-order valence-corrected chi connectivity index (χ0v) is 23.6. The van der Waals surface area contributed by atoms with Gasteiger partial charge >= 0.3 is 0 Å². The molecule has 1 fully saturated rings. The van der Waals surface area contributed by atoms with E-state index < -0.39 is 5.60 Å². The summed E-state index contributed by atoms with van der Waals surface area (Å²) in [4.78, 5) is 31.8. The van der Waals surface area contributed by atoms with Crippen molar-refractivity contribution in [1.82, 2.24) is 20.5 Å². The molecule has 0 radical (unpaired) electrons. The number of carbonyl (C=O) groups excluding carboxylic acids is 2. The summed E-state index contributed by atoms with van der Waals surface area (Å²) in [6, 6.07) is 10.1. The van der Waals surface area contributed by atoms with Crippen LogP contribution >= 0.6 is 0 Å². The van der Waals surface area contributed by atoms with Crippen molar-refractivity contribution in [3.8, 4) is 11.1 Å². The van der Waals surface area contributed by atoms with Gasteiger partial charge < -0.3 is 15.4 Å². The molecule has 3 heterocycles. The van der Waals surface area contributed by atoms with Crippen LogP contribution in [0.5, 0.6) is 0 Å². The molecule has 6 rings (SSSR count). The molecule has 0 bridgehead atoms. The number of pyridine rings is 1. The number of nitrogens with one attached hydrogen (secondary N) is 3. The van der Waals surface area contributed by atoms with Gasteiger partial charge in [-0.1, -0.05) is 31.0 Å². The first kappa shape index (κ1) is 27.1. The van der Waals surface area contributed by atoms with Crippen LogP contribution in [-0.4, -0.2) is 46.1 Å². The molecule has 0 atom stereocenters. The summed E-state index contributed by atoms with van der Waals surface area (Å²) in [5, 5.41) is 13.7. The number of amides is 1. The lowest BCUT2D eigenvalue weighted by Crippen LogP contribution is -2.40. The van der Waals surface area contributed by atoms with Crippen molar-refractivity contribution < 1.29 is 18.7 Å². The van der Waals surface area contributed by atoms with Gasteiger partial charge in [-0.2, -0.15) is 5.10 Å². The van der Waals surface area contributed by atoms with Crippen molar-refractivity contribution in [2.24, 2.45) is 5.41 Å². The molecule has 1 aromatic carbocycles. The van der Waals surface area contributed by atoms with E-state index in [1.807, 2.05) is 38.1 Å². The van der Waals surface area contributed by atoms with E-state index in [4.69, 9.17) is 4.74 Å². The first-order valence-corrected chi connectivity index (χ1v) is 14.1. The molecule has 0 saturated heterocycles. The van der Waals surface area contributed by atoms with Crippen molar-refractivity contribution in [1.29, 1.82) is 0 Å². The van der Waals surface area contributed by atoms with Gasteiger partial charge in [0.15, 0.2) is 11.5 Å². The number of anilines is 1. The molecule has 1 aliphatic heterocycles. The van der Waals surface area contributed by atoms with Crippen LogP contribution in [0.25, 0.3) is 22.8 Å². The lowest BCUT2D eigenvalue weighted by molar-refractivity contribution is -0.118. The predicted molar refractivity (Wildman–Crippen MR) is 155 cm³/mol. The Balaban J connectivity index is 1.41. The van der Waals surface area contributed by atoms with E-state index in [9.17, 15) is 14.0 Å². The highest BCUT2D eigenvalue weighted by atomic mass is 19.1. The average molecular weight is 556 g/mol. The second-order valence-corrected chi connectivity index (χ2v) is 12.0. The largest absolute Gasteiger partial charge is 0.377 e. The maximum Gasteiger partial charge on any atom is 0.272 e. The summed E-state index contributed by atoms with van der Waals surface area (Å²) < 4.78 is 19.2. The molecule has 212 valence electrons. The Kier molecular flexibility index (Phi) is 6.85. The van der Waals surface area contributed by atoms with E-state index in [1.54, 1.807) is 19.4 Å². The van der Waals surface area contributed by atoms with Gasteiger partial charge in [-0.3, -0.25) is 19.7 Å². The Morgan fingerprint density at radius 1 is 1.17 bits per heavy atom. The van der Waals surface area contributed by atoms with E-state index in [-0.39, 0.29) is 35.2 Å². The normalized spacial score (nSPS) is 18.8. The van der Waals surface area contributed by atoms with Crippen LogP contribution in [0.15, 0.2) is 53.9 Å². The molecular formula is C32H34FN5O3. The lowest BCUT2D eigenvalue weighted by Gasteiger charge is -2.38. The Hall–Kier alpha value is -4.11. The number of rotatable bonds is 6. The molecule has 0 unspecified atom stereocenters. The minimum atomic E-state index is -0.555. The molecule has 3 aromatic rings. The van der Waals surface area contributed by atoms with Crippen LogP contribution in [-0.2, 0) is 9.53 Å². The van der Waals surface area contributed by atoms with Gasteiger partial charge in [0.25, 0.3) is 5.91 Å². The number of aromatic amines is 1. The summed E-state index contributed by atoms with van der Waals surface area (Å²) in [5.41, 5.74) is 4.38. The summed E-state index contributed by atoms with van der Waals surface area (Å²) >= 11 is 0. The fourth-order valence-electron chi connectivity index (χ4n) is 6.23. The van der Waals surface area contributed by atoms with Crippen molar-refractivity contribution in [3.05, 3.63) is 76.6 Å². The van der Waals surface area contributed by atoms with Gasteiger partial charge in [-0.15, -0.1) is 0 Å². The predicted octanol–water partition coefficient (Wildman–Crippen LogP) is 5.91. The lowest BCUT2D eigenvalue weighted by atomic mass is 9.69. The van der Waals surface area contributed by atoms with Crippen LogP contribution in [0.4, 0.5) is 10.2 Å². The molecule has 2 aromatic heterocycles. The molecule has 9 heteroatoms. The minimum Gasteiger partial charge on any atom is -0.377 e. The topological polar surface area (TPSA) is 109 Å². The van der Waals surface area contributed by atoms with Crippen LogP contribution < -0.4 is 10.6 Å². The zero-order chi connectivity index (χ0) is 28.8. The molecule has 1 spiro atoms. The van der Waals surface area contributed by atoms with Crippen LogP contribution in [0.3, 0.4) is 0 Å². The number of ketones is 1. The second kappa shape index (κ2) is 10.4. The number of carbonyl (C=O) groups is 2. The number of nitrogens with zero attached hydrogens (tertiary/aromatic N) is 2. The third-order valence-corrected chi connectivity index (χ3v) is 8.59. The quantitative estimate of drug-likeness (QED) is 0.349. The number of Topliss-reactive ketones (excluding diaryl/α,β-unsaturated/α-hetero) is 1. The maximum absolute atomic E-state index is 13.8. The summed E-state index contributed by atoms with van der Waals surface area (Å²) in [6.45, 7) is 4.06. The van der Waals surface area contributed by atoms with E-state index in [2.05, 4.69) is 25.8 Å². The van der Waals surface area contributed by atoms with Crippen LogP contribution in [0.2, 0.25) is 0 Å². The Morgan fingerprint density at radius 2 is 1.98 bits per heavy atom. The fraction of sp³-hybridized carbons (Fsp3) is 0.375. The average Bonchev–Trinajstić information content (AvgIpc) is 3.59. The van der Waals surface area contributed by atoms with Crippen molar-refractivity contribution in [3.63, 3.8) is 0 Å². The van der Waals surface area contributed by atoms with Gasteiger partial charge in [0.2, 0.25) is 0 Å². The first-order valence-electron chi connectivity index (χ1n) is 14.1. The van der Waals surface area contributed by atoms with E-state index >= 15 is 0 Å². The van der Waals surface area contributed by atoms with Crippen LogP contribution in [0.1, 0.15) is 74.1 Å². The highest BCUT2D eigenvalue weighted by molar-refractivity contribution is 6.19. The summed E-state index contributed by atoms with van der Waals surface area (Å²) in [7, 11) is 1.60. The second-order valence-electron chi connectivity index (χ2n) is 12.0. The highest BCUT2D eigenvalue weighted by Gasteiger charge is 2.45. The minimum absolute atomic E-state index is 0.0116. The molecule has 2 aliphatic carbocycles. The van der Waals surface area contributed by atoms with E-state index in [1.165, 1.54) is 12.1 Å². The number of halogens is 1. The first-order chi connectivity index (χ1) is 19.7. The van der Waals surface area contributed by atoms with Crippen molar-refractivity contribution in [2.75, 3.05) is 19.0 Å². The summed E-state index contributed by atoms with van der Waals surface area (Å²) in [5.74, 6) is -0.0208. The number of hydrogen-bond donors (Lipinski definition) is 3. The van der Waals surface area contributed by atoms with Crippen molar-refractivity contribution in [2.45, 2.75) is 58.0 Å². The van der Waals surface area contributed by atoms with Gasteiger partial charge in [0, 0.05) is 48.7 Å². The molecule has 3 N–H and O–H groups in total. The number of aromatic nitrogens is 3. The zero-order valence-electron chi connectivity index (χ0n) is 23.6. The number of H-pyrrole nitrogens is 1. The highest BCUT2D eigenvalue weighted by Crippen LogP contribution is 2.53. The smallest absolute Gasteiger partial charge is 0.272 e. The molecule has 3 aliphatic rings. The molecule has 1 saturated carbocycles. The fourth-order valence-corrected chi connectivity index (χ4v) is 6.23. The number of ether oxygens (including phenoxy) is 1. The van der Waals surface area contributed by atoms with E-state index in [0.29, 0.717) is 34.6 Å². The summed E-state index contributed by atoms with van der Waals surface area (Å²) in [6.07, 6.45) is 9.16. The Labute approximate surface area is 238 Å². The molecule has 41 heavy (non-hydrogen) atoms. The number of allylic oxidation sites excluding steroid dienone is 3. The van der Waals surface area contributed by atoms with Gasteiger partial charge in [0.05, 0.1) is 16.9 Å². The number of hydrogen-bond acceptors (Lipinski definition) is 6. The maximum atomic E-state index is 13.8. The third kappa shape index (κ3) is 5.22. The number of benzene rings is 1. The van der Waals surface area contributed by atoms with Crippen LogP contribution in [0, 0.1) is 11.2 Å². The number of fused-ring (bicyclic) bond motifs is 1.